The molecule has 0 saturated carbocycles. The highest BCUT2D eigenvalue weighted by atomic mass is 19.1. The van der Waals surface area contributed by atoms with Crippen LogP contribution in [0.5, 0.6) is 0 Å². The average molecular weight is 317 g/mol. The van der Waals surface area contributed by atoms with Crippen molar-refractivity contribution in [2.45, 2.75) is 6.42 Å². The molecule has 0 aliphatic carbocycles. The van der Waals surface area contributed by atoms with Crippen LogP contribution in [0.25, 0.3) is 0 Å². The second-order valence-corrected chi connectivity index (χ2v) is 5.23. The van der Waals surface area contributed by atoms with Crippen LogP contribution in [0.3, 0.4) is 0 Å². The number of carbonyl (C=O) groups is 2. The first-order chi connectivity index (χ1) is 11.0. The summed E-state index contributed by atoms with van der Waals surface area (Å²) in [6.07, 6.45) is 3.16. The van der Waals surface area contributed by atoms with E-state index in [1.54, 1.807) is 18.3 Å². The summed E-state index contributed by atoms with van der Waals surface area (Å²) < 4.78 is 26.4. The molecular weight excluding hydrogens is 304 g/mol. The van der Waals surface area contributed by atoms with E-state index in [-0.39, 0.29) is 24.6 Å². The highest BCUT2D eigenvalue weighted by Crippen LogP contribution is 2.25. The molecule has 0 spiro atoms. The monoisotopic (exact) mass is 317 g/mol. The van der Waals surface area contributed by atoms with E-state index in [4.69, 9.17) is 0 Å². The molecule has 2 heterocycles. The molecule has 3 rings (SSSR count). The van der Waals surface area contributed by atoms with Crippen LogP contribution in [0.15, 0.2) is 42.7 Å². The molecule has 1 fully saturated rings. The zero-order valence-electron chi connectivity index (χ0n) is 12.0. The van der Waals surface area contributed by atoms with E-state index in [1.807, 2.05) is 0 Å². The van der Waals surface area contributed by atoms with Gasteiger partial charge in [-0.15, -0.1) is 0 Å². The molecule has 1 atom stereocenters. The largest absolute Gasteiger partial charge is 0.323 e. The lowest BCUT2D eigenvalue weighted by atomic mass is 10.1. The summed E-state index contributed by atoms with van der Waals surface area (Å²) in [5, 5.41) is 2.40. The summed E-state index contributed by atoms with van der Waals surface area (Å²) in [7, 11) is 0. The van der Waals surface area contributed by atoms with E-state index < -0.39 is 23.5 Å². The Labute approximate surface area is 130 Å². The molecule has 1 unspecified atom stereocenters. The van der Waals surface area contributed by atoms with Gasteiger partial charge in [-0.25, -0.2) is 8.78 Å². The van der Waals surface area contributed by atoms with Crippen LogP contribution in [-0.4, -0.2) is 23.3 Å². The van der Waals surface area contributed by atoms with Gasteiger partial charge < -0.3 is 10.2 Å². The van der Waals surface area contributed by atoms with E-state index in [2.05, 4.69) is 10.3 Å². The Morgan fingerprint density at radius 1 is 1.30 bits per heavy atom. The molecule has 5 nitrogen and oxygen atoms in total. The minimum absolute atomic E-state index is 0.0313. The smallest absolute Gasteiger partial charge is 0.229 e. The number of nitrogens with one attached hydrogen (secondary N) is 1. The number of rotatable bonds is 3. The highest BCUT2D eigenvalue weighted by Gasteiger charge is 2.35. The summed E-state index contributed by atoms with van der Waals surface area (Å²) in [5.74, 6) is -2.86. The first-order valence-corrected chi connectivity index (χ1v) is 7.01. The number of hydrogen-bond acceptors (Lipinski definition) is 3. The summed E-state index contributed by atoms with van der Waals surface area (Å²) in [6.45, 7) is 0.194. The van der Waals surface area contributed by atoms with Gasteiger partial charge in [0.15, 0.2) is 0 Å². The highest BCUT2D eigenvalue weighted by molar-refractivity contribution is 6.03. The van der Waals surface area contributed by atoms with Crippen molar-refractivity contribution in [1.29, 1.82) is 0 Å². The summed E-state index contributed by atoms with van der Waals surface area (Å²) in [5.41, 5.74) is 0.504. The molecule has 118 valence electrons. The fraction of sp³-hybridized carbons (Fsp3) is 0.188. The van der Waals surface area contributed by atoms with Crippen molar-refractivity contribution >= 4 is 23.2 Å². The normalized spacial score (nSPS) is 17.4. The maximum Gasteiger partial charge on any atom is 0.229 e. The molecule has 1 aromatic carbocycles. The van der Waals surface area contributed by atoms with E-state index in [1.165, 1.54) is 11.1 Å². The van der Waals surface area contributed by atoms with E-state index >= 15 is 0 Å². The van der Waals surface area contributed by atoms with Gasteiger partial charge in [-0.3, -0.25) is 14.6 Å². The van der Waals surface area contributed by atoms with Gasteiger partial charge in [0.25, 0.3) is 0 Å². The molecule has 0 bridgehead atoms. The van der Waals surface area contributed by atoms with Gasteiger partial charge in [0.05, 0.1) is 23.5 Å². The Morgan fingerprint density at radius 3 is 2.83 bits per heavy atom. The van der Waals surface area contributed by atoms with Crippen LogP contribution in [0.2, 0.25) is 0 Å². The van der Waals surface area contributed by atoms with Gasteiger partial charge in [-0.05, 0) is 24.3 Å². The number of hydrogen-bond donors (Lipinski definition) is 1. The Hall–Kier alpha value is -2.83. The first-order valence-electron chi connectivity index (χ1n) is 7.01. The molecule has 1 aliphatic heterocycles. The van der Waals surface area contributed by atoms with Crippen molar-refractivity contribution in [2.24, 2.45) is 5.92 Å². The number of amides is 2. The minimum Gasteiger partial charge on any atom is -0.323 e. The van der Waals surface area contributed by atoms with Crippen LogP contribution in [0.1, 0.15) is 6.42 Å². The number of halogens is 2. The number of anilines is 2. The predicted octanol–water partition coefficient (Wildman–Crippen LogP) is 2.35. The van der Waals surface area contributed by atoms with Crippen molar-refractivity contribution < 1.29 is 18.4 Å². The fourth-order valence-electron chi connectivity index (χ4n) is 2.47. The van der Waals surface area contributed by atoms with E-state index in [0.717, 1.165) is 12.1 Å². The number of benzene rings is 1. The van der Waals surface area contributed by atoms with Gasteiger partial charge in [0.1, 0.15) is 11.6 Å². The number of carbonyl (C=O) groups excluding carboxylic acids is 2. The molecule has 2 amide bonds. The van der Waals surface area contributed by atoms with E-state index in [9.17, 15) is 18.4 Å². The first kappa shape index (κ1) is 15.1. The quantitative estimate of drug-likeness (QED) is 0.945. The molecule has 0 radical (unpaired) electrons. The van der Waals surface area contributed by atoms with Gasteiger partial charge in [-0.1, -0.05) is 0 Å². The maximum absolute atomic E-state index is 13.6. The lowest BCUT2D eigenvalue weighted by Crippen LogP contribution is -2.28. The third kappa shape index (κ3) is 3.18. The number of pyridine rings is 1. The van der Waals surface area contributed by atoms with Gasteiger partial charge >= 0.3 is 0 Å². The van der Waals surface area contributed by atoms with Crippen molar-refractivity contribution in [3.8, 4) is 0 Å². The predicted molar refractivity (Wildman–Crippen MR) is 79.7 cm³/mol. The molecule has 1 aliphatic rings. The number of nitrogens with zero attached hydrogens (tertiary/aromatic N) is 2. The fourth-order valence-corrected chi connectivity index (χ4v) is 2.47. The van der Waals surface area contributed by atoms with Crippen LogP contribution in [0.4, 0.5) is 20.2 Å². The second-order valence-electron chi connectivity index (χ2n) is 5.23. The number of aromatic nitrogens is 1. The maximum atomic E-state index is 13.6. The Kier molecular flexibility index (Phi) is 4.01. The van der Waals surface area contributed by atoms with Crippen molar-refractivity contribution in [2.75, 3.05) is 16.8 Å². The van der Waals surface area contributed by atoms with Gasteiger partial charge in [0, 0.05) is 25.2 Å². The zero-order chi connectivity index (χ0) is 16.4. The van der Waals surface area contributed by atoms with Gasteiger partial charge in [0.2, 0.25) is 11.8 Å². The van der Waals surface area contributed by atoms with Crippen molar-refractivity contribution in [3.63, 3.8) is 0 Å². The summed E-state index contributed by atoms with van der Waals surface area (Å²) in [6, 6.07) is 6.32. The zero-order valence-corrected chi connectivity index (χ0v) is 12.0. The standard InChI is InChI=1S/C16H13F2N3O2/c17-11-3-4-14(13(18)7-11)20-16(23)10-6-15(22)21(9-10)12-2-1-5-19-8-12/h1-5,7-8,10H,6,9H2,(H,20,23). The summed E-state index contributed by atoms with van der Waals surface area (Å²) >= 11 is 0. The Bertz CT molecular complexity index is 752. The summed E-state index contributed by atoms with van der Waals surface area (Å²) in [4.78, 5) is 29.7. The Morgan fingerprint density at radius 2 is 2.13 bits per heavy atom. The molecule has 2 aromatic rings. The third-order valence-electron chi connectivity index (χ3n) is 3.64. The topological polar surface area (TPSA) is 62.3 Å². The third-order valence-corrected chi connectivity index (χ3v) is 3.64. The molecule has 7 heteroatoms. The molecule has 1 saturated heterocycles. The second kappa shape index (κ2) is 6.12. The van der Waals surface area contributed by atoms with Crippen LogP contribution in [-0.2, 0) is 9.59 Å². The lowest BCUT2D eigenvalue weighted by molar-refractivity contribution is -0.122. The van der Waals surface area contributed by atoms with Crippen LogP contribution in [0, 0.1) is 17.6 Å². The molecular formula is C16H13F2N3O2. The minimum atomic E-state index is -0.855. The van der Waals surface area contributed by atoms with Crippen molar-refractivity contribution in [3.05, 3.63) is 54.4 Å². The van der Waals surface area contributed by atoms with Gasteiger partial charge in [-0.2, -0.15) is 0 Å². The SMILES string of the molecule is O=C(Nc1ccc(F)cc1F)C1CC(=O)N(c2cccnc2)C1. The average Bonchev–Trinajstić information content (AvgIpc) is 2.93. The Balaban J connectivity index is 1.71. The molecule has 23 heavy (non-hydrogen) atoms. The lowest BCUT2D eigenvalue weighted by Gasteiger charge is -2.16. The van der Waals surface area contributed by atoms with E-state index in [0.29, 0.717) is 11.8 Å². The molecule has 1 N–H and O–H groups in total. The molecule has 1 aromatic heterocycles. The van der Waals surface area contributed by atoms with Crippen LogP contribution >= 0.6 is 0 Å². The van der Waals surface area contributed by atoms with Crippen molar-refractivity contribution in [1.82, 2.24) is 4.98 Å². The van der Waals surface area contributed by atoms with Crippen LogP contribution < -0.4 is 10.2 Å².